The molecule has 0 heterocycles. The molecule has 3 aromatic carbocycles. The lowest BCUT2D eigenvalue weighted by Gasteiger charge is -2.10. The maximum Gasteiger partial charge on any atom is 0.201 e. The van der Waals surface area contributed by atoms with E-state index in [1.165, 1.54) is 12.1 Å². The lowest BCUT2D eigenvalue weighted by Crippen LogP contribution is -1.98. The Morgan fingerprint density at radius 3 is 2.32 bits per heavy atom. The van der Waals surface area contributed by atoms with Crippen molar-refractivity contribution in [3.63, 3.8) is 0 Å². The Hall–Kier alpha value is -2.88. The first-order chi connectivity index (χ1) is 12.1. The molecule has 0 aromatic heterocycles. The molecule has 0 aliphatic carbocycles. The van der Waals surface area contributed by atoms with Gasteiger partial charge in [-0.15, -0.1) is 0 Å². The third kappa shape index (κ3) is 3.48. The molecule has 3 rings (SSSR count). The van der Waals surface area contributed by atoms with Gasteiger partial charge < -0.3 is 9.47 Å². The Morgan fingerprint density at radius 1 is 0.920 bits per heavy atom. The van der Waals surface area contributed by atoms with Crippen LogP contribution in [-0.2, 0) is 0 Å². The molecule has 4 heteroatoms. The van der Waals surface area contributed by atoms with Gasteiger partial charge in [0.2, 0.25) is 5.82 Å². The van der Waals surface area contributed by atoms with Crippen molar-refractivity contribution in [2.45, 2.75) is 6.92 Å². The fraction of sp³-hybridized carbons (Fsp3) is 0.143. The third-order valence-electron chi connectivity index (χ3n) is 3.84. The molecule has 2 nitrogen and oxygen atoms in total. The van der Waals surface area contributed by atoms with Gasteiger partial charge in [0, 0.05) is 5.39 Å². The van der Waals surface area contributed by atoms with Crippen LogP contribution in [-0.4, -0.2) is 13.2 Å². The Bertz CT molecular complexity index is 902. The molecule has 0 aliphatic heterocycles. The second-order valence-electron chi connectivity index (χ2n) is 5.50. The van der Waals surface area contributed by atoms with Gasteiger partial charge in [-0.25, -0.2) is 4.39 Å². The van der Waals surface area contributed by atoms with Crippen LogP contribution in [0.3, 0.4) is 0 Å². The van der Waals surface area contributed by atoms with Crippen LogP contribution in [0, 0.1) is 11.6 Å². The van der Waals surface area contributed by atoms with Gasteiger partial charge in [0.1, 0.15) is 12.4 Å². The van der Waals surface area contributed by atoms with Crippen molar-refractivity contribution in [3.05, 3.63) is 72.8 Å². The Kier molecular flexibility index (Phi) is 4.98. The first kappa shape index (κ1) is 17.0. The van der Waals surface area contributed by atoms with Gasteiger partial charge in [0.05, 0.1) is 6.61 Å². The minimum Gasteiger partial charge on any atom is -0.494 e. The zero-order chi connectivity index (χ0) is 17.8. The van der Waals surface area contributed by atoms with Crippen LogP contribution in [0.2, 0.25) is 0 Å². The summed E-state index contributed by atoms with van der Waals surface area (Å²) in [4.78, 5) is 0. The first-order valence-electron chi connectivity index (χ1n) is 8.02. The summed E-state index contributed by atoms with van der Waals surface area (Å²) in [6, 6.07) is 14.2. The summed E-state index contributed by atoms with van der Waals surface area (Å²) in [7, 11) is 0. The van der Waals surface area contributed by atoms with E-state index in [0.29, 0.717) is 12.0 Å². The van der Waals surface area contributed by atoms with Crippen LogP contribution in [0.15, 0.2) is 61.2 Å². The highest BCUT2D eigenvalue weighted by Gasteiger charge is 2.15. The van der Waals surface area contributed by atoms with Crippen molar-refractivity contribution < 1.29 is 18.3 Å². The molecule has 0 unspecified atom stereocenters. The fourth-order valence-electron chi connectivity index (χ4n) is 2.65. The van der Waals surface area contributed by atoms with E-state index in [9.17, 15) is 8.78 Å². The van der Waals surface area contributed by atoms with Crippen molar-refractivity contribution in [3.8, 4) is 22.6 Å². The van der Waals surface area contributed by atoms with Crippen molar-refractivity contribution in [2.24, 2.45) is 0 Å². The lowest BCUT2D eigenvalue weighted by atomic mass is 10.0. The molecule has 0 fully saturated rings. The molecule has 0 atom stereocenters. The van der Waals surface area contributed by atoms with Gasteiger partial charge in [0.25, 0.3) is 0 Å². The van der Waals surface area contributed by atoms with Crippen LogP contribution in [0.1, 0.15) is 6.92 Å². The number of hydrogen-bond acceptors (Lipinski definition) is 2. The van der Waals surface area contributed by atoms with Crippen molar-refractivity contribution in [1.82, 2.24) is 0 Å². The number of fused-ring (bicyclic) bond motifs is 1. The van der Waals surface area contributed by atoms with Gasteiger partial charge in [-0.3, -0.25) is 0 Å². The first-order valence-corrected chi connectivity index (χ1v) is 8.02. The quantitative estimate of drug-likeness (QED) is 0.532. The van der Waals surface area contributed by atoms with E-state index in [1.807, 2.05) is 37.3 Å². The zero-order valence-corrected chi connectivity index (χ0v) is 13.9. The van der Waals surface area contributed by atoms with Gasteiger partial charge >= 0.3 is 0 Å². The normalized spacial score (nSPS) is 10.7. The van der Waals surface area contributed by atoms with E-state index in [4.69, 9.17) is 9.47 Å². The molecule has 3 aromatic rings. The number of ether oxygens (including phenoxy) is 2. The molecular weight excluding hydrogens is 322 g/mol. The number of halogens is 2. The predicted molar refractivity (Wildman–Crippen MR) is 96.2 cm³/mol. The van der Waals surface area contributed by atoms with E-state index in [1.54, 1.807) is 12.1 Å². The third-order valence-corrected chi connectivity index (χ3v) is 3.84. The number of benzene rings is 3. The van der Waals surface area contributed by atoms with Crippen LogP contribution in [0.25, 0.3) is 21.9 Å². The Balaban J connectivity index is 2.01. The predicted octanol–water partition coefficient (Wildman–Crippen LogP) is 5.75. The van der Waals surface area contributed by atoms with Crippen LogP contribution >= 0.6 is 0 Å². The average Bonchev–Trinajstić information content (AvgIpc) is 2.64. The van der Waals surface area contributed by atoms with E-state index in [0.717, 1.165) is 16.9 Å². The number of rotatable bonds is 6. The molecule has 0 amide bonds. The fourth-order valence-corrected chi connectivity index (χ4v) is 2.65. The Morgan fingerprint density at radius 2 is 1.64 bits per heavy atom. The largest absolute Gasteiger partial charge is 0.494 e. The SMILES string of the molecule is C=CCOc1cc2ccc(-c3ccc(OCC)cc3)cc2c(F)c1F. The van der Waals surface area contributed by atoms with Crippen molar-refractivity contribution >= 4 is 10.8 Å². The number of hydrogen-bond donors (Lipinski definition) is 0. The standard InChI is InChI=1S/C21H18F2O2/c1-3-11-25-19-13-16-6-5-15(12-18(16)20(22)21(19)23)14-7-9-17(10-8-14)24-4-2/h3,5-10,12-13H,1,4,11H2,2H3. The van der Waals surface area contributed by atoms with Crippen molar-refractivity contribution in [2.75, 3.05) is 13.2 Å². The van der Waals surface area contributed by atoms with Gasteiger partial charge in [-0.2, -0.15) is 4.39 Å². The van der Waals surface area contributed by atoms with E-state index in [2.05, 4.69) is 6.58 Å². The highest BCUT2D eigenvalue weighted by atomic mass is 19.2. The highest BCUT2D eigenvalue weighted by Crippen LogP contribution is 2.32. The van der Waals surface area contributed by atoms with E-state index >= 15 is 0 Å². The molecule has 128 valence electrons. The molecular formula is C21H18F2O2. The van der Waals surface area contributed by atoms with Gasteiger partial charge in [-0.05, 0) is 47.7 Å². The molecule has 0 aliphatic rings. The smallest absolute Gasteiger partial charge is 0.201 e. The minimum absolute atomic E-state index is 0.112. The second kappa shape index (κ2) is 7.34. The monoisotopic (exact) mass is 340 g/mol. The Labute approximate surface area is 145 Å². The summed E-state index contributed by atoms with van der Waals surface area (Å²) in [6.45, 7) is 6.13. The topological polar surface area (TPSA) is 18.5 Å². The molecule has 0 spiro atoms. The van der Waals surface area contributed by atoms with Crippen LogP contribution in [0.5, 0.6) is 11.5 Å². The summed E-state index contributed by atoms with van der Waals surface area (Å²) < 4.78 is 39.2. The summed E-state index contributed by atoms with van der Waals surface area (Å²) in [5.41, 5.74) is 1.70. The maximum atomic E-state index is 14.4. The summed E-state index contributed by atoms with van der Waals surface area (Å²) >= 11 is 0. The molecule has 25 heavy (non-hydrogen) atoms. The van der Waals surface area contributed by atoms with Crippen LogP contribution < -0.4 is 9.47 Å². The van der Waals surface area contributed by atoms with Gasteiger partial charge in [0.15, 0.2) is 11.6 Å². The van der Waals surface area contributed by atoms with Crippen LogP contribution in [0.4, 0.5) is 8.78 Å². The maximum absolute atomic E-state index is 14.4. The molecule has 0 radical (unpaired) electrons. The highest BCUT2D eigenvalue weighted by molar-refractivity contribution is 5.89. The summed E-state index contributed by atoms with van der Waals surface area (Å²) in [5, 5.41) is 0.794. The van der Waals surface area contributed by atoms with E-state index < -0.39 is 11.6 Å². The second-order valence-corrected chi connectivity index (χ2v) is 5.50. The van der Waals surface area contributed by atoms with Gasteiger partial charge in [-0.1, -0.05) is 36.9 Å². The minimum atomic E-state index is -0.988. The molecule has 0 saturated heterocycles. The average molecular weight is 340 g/mol. The molecule has 0 N–H and O–H groups in total. The van der Waals surface area contributed by atoms with E-state index in [-0.39, 0.29) is 17.7 Å². The lowest BCUT2D eigenvalue weighted by molar-refractivity contribution is 0.334. The molecule has 0 bridgehead atoms. The molecule has 0 saturated carbocycles. The summed E-state index contributed by atoms with van der Waals surface area (Å²) in [6.07, 6.45) is 1.48. The summed E-state index contributed by atoms with van der Waals surface area (Å²) in [5.74, 6) is -1.24. The zero-order valence-electron chi connectivity index (χ0n) is 13.9. The van der Waals surface area contributed by atoms with Crippen molar-refractivity contribution in [1.29, 1.82) is 0 Å².